The number of fused-ring (bicyclic) bond motifs is 1. The van der Waals surface area contributed by atoms with Gasteiger partial charge in [-0.3, -0.25) is 0 Å². The number of imidazole rings is 1. The number of nitrogens with one attached hydrogen (secondary N) is 2. The molecule has 6 nitrogen and oxygen atoms in total. The van der Waals surface area contributed by atoms with Crippen LogP contribution in [0.1, 0.15) is 32.0 Å². The Balaban J connectivity index is 2.09. The lowest BCUT2D eigenvalue weighted by Crippen LogP contribution is -2.30. The Hall–Kier alpha value is -1.69. The smallest absolute Gasteiger partial charge is 0.183 e. The molecule has 0 aliphatic carbocycles. The maximum atomic E-state index is 5.85. The molecule has 18 heavy (non-hydrogen) atoms. The molecule has 2 aromatic heterocycles. The third-order valence-corrected chi connectivity index (χ3v) is 3.79. The molecule has 1 saturated heterocycles. The highest BCUT2D eigenvalue weighted by Gasteiger charge is 2.37. The van der Waals surface area contributed by atoms with Gasteiger partial charge in [-0.15, -0.1) is 0 Å². The van der Waals surface area contributed by atoms with Crippen molar-refractivity contribution in [1.29, 1.82) is 0 Å². The Morgan fingerprint density at radius 2 is 2.33 bits per heavy atom. The van der Waals surface area contributed by atoms with Gasteiger partial charge in [0.2, 0.25) is 0 Å². The van der Waals surface area contributed by atoms with Crippen LogP contribution in [-0.4, -0.2) is 33.0 Å². The molecule has 1 atom stereocenters. The van der Waals surface area contributed by atoms with Crippen LogP contribution < -0.4 is 11.1 Å². The van der Waals surface area contributed by atoms with E-state index in [2.05, 4.69) is 32.2 Å². The number of rotatable bonds is 3. The fraction of sp³-hybridized carbons (Fsp3) is 0.583. The van der Waals surface area contributed by atoms with E-state index in [1.807, 2.05) is 0 Å². The quantitative estimate of drug-likeness (QED) is 0.750. The maximum Gasteiger partial charge on any atom is 0.183 e. The van der Waals surface area contributed by atoms with Crippen LogP contribution in [-0.2, 0) is 5.41 Å². The number of nitrogens with two attached hydrogens (primary N) is 1. The summed E-state index contributed by atoms with van der Waals surface area (Å²) in [6.07, 6.45) is 4.82. The molecule has 4 N–H and O–H groups in total. The van der Waals surface area contributed by atoms with Crippen LogP contribution in [0, 0.1) is 0 Å². The molecule has 0 amide bonds. The number of hydrogen-bond donors (Lipinski definition) is 3. The summed E-state index contributed by atoms with van der Waals surface area (Å²) in [6.45, 7) is 4.21. The molecule has 2 aromatic rings. The molecular weight excluding hydrogens is 228 g/mol. The Bertz CT molecular complexity index is 555. The number of aromatic nitrogens is 4. The van der Waals surface area contributed by atoms with Crippen LogP contribution in [0.5, 0.6) is 0 Å². The first-order chi connectivity index (χ1) is 8.75. The minimum Gasteiger partial charge on any atom is -0.382 e. The first-order valence-corrected chi connectivity index (χ1v) is 6.42. The monoisotopic (exact) mass is 246 g/mol. The van der Waals surface area contributed by atoms with Gasteiger partial charge < -0.3 is 16.0 Å². The van der Waals surface area contributed by atoms with Crippen LogP contribution in [0.3, 0.4) is 0 Å². The largest absolute Gasteiger partial charge is 0.382 e. The topological polar surface area (TPSA) is 92.5 Å². The second-order valence-electron chi connectivity index (χ2n) is 5.00. The van der Waals surface area contributed by atoms with Crippen LogP contribution in [0.4, 0.5) is 5.82 Å². The summed E-state index contributed by atoms with van der Waals surface area (Å²) in [7, 11) is 0. The van der Waals surface area contributed by atoms with E-state index in [4.69, 9.17) is 5.73 Å². The Morgan fingerprint density at radius 3 is 3.00 bits per heavy atom. The van der Waals surface area contributed by atoms with E-state index in [1.54, 1.807) is 0 Å². The normalized spacial score (nSPS) is 23.8. The van der Waals surface area contributed by atoms with Gasteiger partial charge in [0.1, 0.15) is 17.7 Å². The average Bonchev–Trinajstić information content (AvgIpc) is 2.97. The standard InChI is InChI=1S/C12H18N6/c1-2-3-12(4-5-14-6-12)11-17-8-9(13)15-7-16-10(8)18-11/h7,14H,2-6H2,1H3,(H3,13,15,16,17,18). The molecule has 0 spiro atoms. The fourth-order valence-corrected chi connectivity index (χ4v) is 2.85. The number of H-pyrrole nitrogens is 1. The highest BCUT2D eigenvalue weighted by Crippen LogP contribution is 2.34. The summed E-state index contributed by atoms with van der Waals surface area (Å²) in [5.74, 6) is 1.47. The maximum absolute atomic E-state index is 5.85. The van der Waals surface area contributed by atoms with E-state index in [-0.39, 0.29) is 5.41 Å². The molecule has 1 unspecified atom stereocenters. The summed E-state index contributed by atoms with van der Waals surface area (Å²) in [6, 6.07) is 0. The zero-order valence-electron chi connectivity index (χ0n) is 10.5. The number of nitrogens with zero attached hydrogens (tertiary/aromatic N) is 3. The fourth-order valence-electron chi connectivity index (χ4n) is 2.85. The van der Waals surface area contributed by atoms with Gasteiger partial charge in [-0.05, 0) is 19.4 Å². The first kappa shape index (κ1) is 11.4. The van der Waals surface area contributed by atoms with Crippen molar-refractivity contribution in [3.8, 4) is 0 Å². The highest BCUT2D eigenvalue weighted by atomic mass is 15.1. The number of anilines is 1. The van der Waals surface area contributed by atoms with Gasteiger partial charge in [-0.2, -0.15) is 0 Å². The van der Waals surface area contributed by atoms with E-state index in [0.717, 1.165) is 43.7 Å². The molecule has 96 valence electrons. The van der Waals surface area contributed by atoms with E-state index in [1.165, 1.54) is 6.33 Å². The van der Waals surface area contributed by atoms with Crippen molar-refractivity contribution < 1.29 is 0 Å². The lowest BCUT2D eigenvalue weighted by atomic mass is 9.82. The lowest BCUT2D eigenvalue weighted by molar-refractivity contribution is 0.406. The molecule has 0 saturated carbocycles. The predicted octanol–water partition coefficient (Wildman–Crippen LogP) is 0.966. The molecule has 1 fully saturated rings. The van der Waals surface area contributed by atoms with Crippen molar-refractivity contribution in [1.82, 2.24) is 25.3 Å². The van der Waals surface area contributed by atoms with E-state index in [9.17, 15) is 0 Å². The molecule has 0 radical (unpaired) electrons. The van der Waals surface area contributed by atoms with Crippen molar-refractivity contribution in [3.63, 3.8) is 0 Å². The minimum atomic E-state index is 0.0991. The van der Waals surface area contributed by atoms with Gasteiger partial charge in [-0.1, -0.05) is 13.3 Å². The van der Waals surface area contributed by atoms with Crippen molar-refractivity contribution in [2.45, 2.75) is 31.6 Å². The molecule has 1 aliphatic rings. The Kier molecular flexibility index (Phi) is 2.66. The number of hydrogen-bond acceptors (Lipinski definition) is 5. The summed E-state index contributed by atoms with van der Waals surface area (Å²) in [5.41, 5.74) is 7.37. The van der Waals surface area contributed by atoms with Crippen molar-refractivity contribution in [2.24, 2.45) is 0 Å². The molecule has 3 rings (SSSR count). The molecule has 6 heteroatoms. The Morgan fingerprint density at radius 1 is 1.44 bits per heavy atom. The van der Waals surface area contributed by atoms with E-state index < -0.39 is 0 Å². The van der Waals surface area contributed by atoms with Crippen molar-refractivity contribution in [2.75, 3.05) is 18.8 Å². The molecular formula is C12H18N6. The highest BCUT2D eigenvalue weighted by molar-refractivity contribution is 5.81. The predicted molar refractivity (Wildman–Crippen MR) is 70.2 cm³/mol. The molecule has 3 heterocycles. The van der Waals surface area contributed by atoms with Gasteiger partial charge in [0.25, 0.3) is 0 Å². The minimum absolute atomic E-state index is 0.0991. The van der Waals surface area contributed by atoms with Crippen LogP contribution in [0.15, 0.2) is 6.33 Å². The van der Waals surface area contributed by atoms with Crippen LogP contribution >= 0.6 is 0 Å². The summed E-state index contributed by atoms with van der Waals surface area (Å²) in [4.78, 5) is 16.1. The van der Waals surface area contributed by atoms with Crippen molar-refractivity contribution >= 4 is 17.0 Å². The second-order valence-corrected chi connectivity index (χ2v) is 5.00. The Labute approximate surface area is 105 Å². The summed E-state index contributed by atoms with van der Waals surface area (Å²) < 4.78 is 0. The summed E-state index contributed by atoms with van der Waals surface area (Å²) >= 11 is 0. The SMILES string of the molecule is CCCC1(c2nc3ncnc(N)c3[nH]2)CCNC1. The van der Waals surface area contributed by atoms with E-state index >= 15 is 0 Å². The average molecular weight is 246 g/mol. The molecule has 0 bridgehead atoms. The van der Waals surface area contributed by atoms with Crippen LogP contribution in [0.2, 0.25) is 0 Å². The lowest BCUT2D eigenvalue weighted by Gasteiger charge is -2.25. The molecule has 1 aliphatic heterocycles. The number of nitrogen functional groups attached to an aromatic ring is 1. The third kappa shape index (κ3) is 1.64. The van der Waals surface area contributed by atoms with Crippen LogP contribution in [0.25, 0.3) is 11.2 Å². The zero-order chi connectivity index (χ0) is 12.6. The first-order valence-electron chi connectivity index (χ1n) is 6.42. The zero-order valence-corrected chi connectivity index (χ0v) is 10.5. The third-order valence-electron chi connectivity index (χ3n) is 3.79. The van der Waals surface area contributed by atoms with Gasteiger partial charge >= 0.3 is 0 Å². The van der Waals surface area contributed by atoms with Gasteiger partial charge in [0, 0.05) is 12.0 Å². The second kappa shape index (κ2) is 4.20. The number of aromatic amines is 1. The summed E-state index contributed by atoms with van der Waals surface area (Å²) in [5, 5.41) is 3.43. The van der Waals surface area contributed by atoms with Gasteiger partial charge in [0.15, 0.2) is 11.5 Å². The van der Waals surface area contributed by atoms with Gasteiger partial charge in [0.05, 0.1) is 0 Å². The van der Waals surface area contributed by atoms with Crippen molar-refractivity contribution in [3.05, 3.63) is 12.2 Å². The van der Waals surface area contributed by atoms with Gasteiger partial charge in [-0.25, -0.2) is 15.0 Å². The molecule has 0 aromatic carbocycles. The van der Waals surface area contributed by atoms with E-state index in [0.29, 0.717) is 11.5 Å².